The van der Waals surface area contributed by atoms with Crippen LogP contribution in [0.4, 0.5) is 5.13 Å². The average molecular weight is 424 g/mol. The van der Waals surface area contributed by atoms with Crippen molar-refractivity contribution in [3.05, 3.63) is 70.8 Å². The maximum absolute atomic E-state index is 12.4. The number of nitrogens with zero attached hydrogens (tertiary/aromatic N) is 2. The zero-order valence-corrected chi connectivity index (χ0v) is 17.5. The van der Waals surface area contributed by atoms with Crippen molar-refractivity contribution in [1.82, 2.24) is 10.2 Å². The summed E-state index contributed by atoms with van der Waals surface area (Å²) in [6.45, 7) is 0. The van der Waals surface area contributed by atoms with E-state index in [1.54, 1.807) is 11.8 Å². The maximum atomic E-state index is 12.4. The Hall–Kier alpha value is -2.51. The number of aromatic nitrogens is 2. The molecule has 1 N–H and O–H groups in total. The van der Waals surface area contributed by atoms with Gasteiger partial charge in [-0.05, 0) is 42.0 Å². The van der Waals surface area contributed by atoms with Crippen molar-refractivity contribution in [1.29, 1.82) is 0 Å². The molecule has 5 nitrogen and oxygen atoms in total. The first kappa shape index (κ1) is 19.8. The SMILES string of the molecule is O=C(CCC(=O)c1ccc2c(c1)CCC2)Nc1nnc(SCc2ccccc2)s1. The van der Waals surface area contributed by atoms with Gasteiger partial charge in [-0.15, -0.1) is 10.2 Å². The van der Waals surface area contributed by atoms with Gasteiger partial charge in [-0.1, -0.05) is 65.6 Å². The smallest absolute Gasteiger partial charge is 0.226 e. The van der Waals surface area contributed by atoms with Crippen molar-refractivity contribution in [2.45, 2.75) is 42.2 Å². The zero-order valence-electron chi connectivity index (χ0n) is 15.9. The summed E-state index contributed by atoms with van der Waals surface area (Å²) in [6, 6.07) is 16.0. The molecule has 1 aliphatic carbocycles. The van der Waals surface area contributed by atoms with Crippen molar-refractivity contribution in [3.8, 4) is 0 Å². The fourth-order valence-electron chi connectivity index (χ4n) is 3.34. The lowest BCUT2D eigenvalue weighted by atomic mass is 10.0. The molecule has 0 bridgehead atoms. The van der Waals surface area contributed by atoms with E-state index in [-0.39, 0.29) is 24.5 Å². The number of nitrogens with one attached hydrogen (secondary N) is 1. The highest BCUT2D eigenvalue weighted by Crippen LogP contribution is 2.28. The molecule has 148 valence electrons. The molecule has 0 radical (unpaired) electrons. The molecule has 0 saturated heterocycles. The standard InChI is InChI=1S/C22H21N3O2S2/c26-19(18-10-9-16-7-4-8-17(16)13-18)11-12-20(27)23-21-24-25-22(29-21)28-14-15-5-2-1-3-6-15/h1-3,5-6,9-10,13H,4,7-8,11-12,14H2,(H,23,24,27). The van der Waals surface area contributed by atoms with Crippen LogP contribution in [0.15, 0.2) is 52.9 Å². The van der Waals surface area contributed by atoms with Gasteiger partial charge in [0, 0.05) is 24.2 Å². The Morgan fingerprint density at radius 3 is 2.69 bits per heavy atom. The molecule has 1 aliphatic rings. The monoisotopic (exact) mass is 423 g/mol. The Bertz CT molecular complexity index is 1020. The van der Waals surface area contributed by atoms with Gasteiger partial charge in [0.15, 0.2) is 10.1 Å². The molecule has 1 amide bonds. The van der Waals surface area contributed by atoms with Gasteiger partial charge in [-0.25, -0.2) is 0 Å². The average Bonchev–Trinajstić information content (AvgIpc) is 3.40. The fraction of sp³-hybridized carbons (Fsp3) is 0.273. The van der Waals surface area contributed by atoms with E-state index in [2.05, 4.69) is 27.6 Å². The number of hydrogen-bond donors (Lipinski definition) is 1. The minimum Gasteiger partial charge on any atom is -0.300 e. The van der Waals surface area contributed by atoms with Gasteiger partial charge in [0.1, 0.15) is 0 Å². The molecule has 1 heterocycles. The quantitative estimate of drug-likeness (QED) is 0.316. The van der Waals surface area contributed by atoms with Gasteiger partial charge in [0.05, 0.1) is 0 Å². The van der Waals surface area contributed by atoms with Gasteiger partial charge < -0.3 is 5.32 Å². The molecule has 0 spiro atoms. The number of benzene rings is 2. The number of ketones is 1. The van der Waals surface area contributed by atoms with Crippen molar-refractivity contribution < 1.29 is 9.59 Å². The number of thioether (sulfide) groups is 1. The van der Waals surface area contributed by atoms with Crippen LogP contribution in [0.3, 0.4) is 0 Å². The largest absolute Gasteiger partial charge is 0.300 e. The molecule has 0 fully saturated rings. The molecule has 2 aromatic carbocycles. The summed E-state index contributed by atoms with van der Waals surface area (Å²) in [6.07, 6.45) is 3.63. The summed E-state index contributed by atoms with van der Waals surface area (Å²) in [4.78, 5) is 24.6. The lowest BCUT2D eigenvalue weighted by molar-refractivity contribution is -0.116. The Morgan fingerprint density at radius 2 is 1.83 bits per heavy atom. The number of amides is 1. The predicted molar refractivity (Wildman–Crippen MR) is 117 cm³/mol. The lowest BCUT2D eigenvalue weighted by Crippen LogP contribution is -2.13. The van der Waals surface area contributed by atoms with Crippen LogP contribution in [0.1, 0.15) is 46.3 Å². The second-order valence-electron chi connectivity index (χ2n) is 6.96. The van der Waals surface area contributed by atoms with E-state index in [1.165, 1.54) is 28.0 Å². The number of carbonyl (C=O) groups excluding carboxylic acids is 2. The highest BCUT2D eigenvalue weighted by Gasteiger charge is 2.15. The molecular weight excluding hydrogens is 402 g/mol. The first-order valence-electron chi connectivity index (χ1n) is 9.62. The van der Waals surface area contributed by atoms with Crippen molar-refractivity contribution >= 4 is 39.9 Å². The first-order valence-corrected chi connectivity index (χ1v) is 11.4. The van der Waals surface area contributed by atoms with Gasteiger partial charge >= 0.3 is 0 Å². The Balaban J connectivity index is 1.24. The summed E-state index contributed by atoms with van der Waals surface area (Å²) in [7, 11) is 0. The van der Waals surface area contributed by atoms with Crippen molar-refractivity contribution in [2.75, 3.05) is 5.32 Å². The molecular formula is C22H21N3O2S2. The van der Waals surface area contributed by atoms with Crippen LogP contribution in [0.2, 0.25) is 0 Å². The topological polar surface area (TPSA) is 72.0 Å². The molecule has 7 heteroatoms. The normalized spacial score (nSPS) is 12.6. The van der Waals surface area contributed by atoms with Crippen LogP contribution in [0, 0.1) is 0 Å². The van der Waals surface area contributed by atoms with Crippen LogP contribution in [-0.4, -0.2) is 21.9 Å². The number of aryl methyl sites for hydroxylation is 2. The molecule has 0 saturated carbocycles. The first-order chi connectivity index (χ1) is 14.2. The van der Waals surface area contributed by atoms with Gasteiger partial charge in [0.2, 0.25) is 11.0 Å². The van der Waals surface area contributed by atoms with E-state index in [1.807, 2.05) is 36.4 Å². The number of carbonyl (C=O) groups is 2. The van der Waals surface area contributed by atoms with Crippen molar-refractivity contribution in [3.63, 3.8) is 0 Å². The summed E-state index contributed by atoms with van der Waals surface area (Å²) in [5.74, 6) is 0.597. The maximum Gasteiger partial charge on any atom is 0.226 e. The molecule has 3 aromatic rings. The van der Waals surface area contributed by atoms with Crippen LogP contribution < -0.4 is 5.32 Å². The number of rotatable bonds is 8. The van der Waals surface area contributed by atoms with Crippen molar-refractivity contribution in [2.24, 2.45) is 0 Å². The molecule has 0 unspecified atom stereocenters. The number of anilines is 1. The molecule has 1 aromatic heterocycles. The van der Waals surface area contributed by atoms with Gasteiger partial charge in [-0.3, -0.25) is 9.59 Å². The molecule has 4 rings (SSSR count). The second kappa shape index (κ2) is 9.33. The zero-order chi connectivity index (χ0) is 20.1. The van der Waals surface area contributed by atoms with Crippen LogP contribution in [0.25, 0.3) is 0 Å². The van der Waals surface area contributed by atoms with E-state index >= 15 is 0 Å². The fourth-order valence-corrected chi connectivity index (χ4v) is 5.06. The van der Waals surface area contributed by atoms with E-state index < -0.39 is 0 Å². The Kier molecular flexibility index (Phi) is 6.36. The van der Waals surface area contributed by atoms with E-state index in [4.69, 9.17) is 0 Å². The predicted octanol–water partition coefficient (Wildman–Crippen LogP) is 4.92. The van der Waals surface area contributed by atoms with Crippen LogP contribution in [-0.2, 0) is 23.4 Å². The minimum atomic E-state index is -0.213. The van der Waals surface area contributed by atoms with E-state index in [0.29, 0.717) is 10.7 Å². The number of hydrogen-bond acceptors (Lipinski definition) is 6. The number of fused-ring (bicyclic) bond motifs is 1. The molecule has 0 aliphatic heterocycles. The highest BCUT2D eigenvalue weighted by molar-refractivity contribution is 8.00. The third-order valence-electron chi connectivity index (χ3n) is 4.86. The third kappa shape index (κ3) is 5.31. The molecule has 29 heavy (non-hydrogen) atoms. The van der Waals surface area contributed by atoms with Gasteiger partial charge in [0.25, 0.3) is 0 Å². The summed E-state index contributed by atoms with van der Waals surface area (Å²) in [5.41, 5.74) is 4.53. The summed E-state index contributed by atoms with van der Waals surface area (Å²) in [5, 5.41) is 11.4. The third-order valence-corrected chi connectivity index (χ3v) is 6.90. The van der Waals surface area contributed by atoms with Gasteiger partial charge in [-0.2, -0.15) is 0 Å². The van der Waals surface area contributed by atoms with Crippen LogP contribution >= 0.6 is 23.1 Å². The Morgan fingerprint density at radius 1 is 1.00 bits per heavy atom. The number of Topliss-reactive ketones (excluding diaryl/α,β-unsaturated/α-hetero) is 1. The minimum absolute atomic E-state index is 0.00576. The highest BCUT2D eigenvalue weighted by atomic mass is 32.2. The second-order valence-corrected chi connectivity index (χ2v) is 9.16. The molecule has 0 atom stereocenters. The van der Waals surface area contributed by atoms with E-state index in [0.717, 1.165) is 29.4 Å². The van der Waals surface area contributed by atoms with E-state index in [9.17, 15) is 9.59 Å². The summed E-state index contributed by atoms with van der Waals surface area (Å²) < 4.78 is 0.804. The Labute approximate surface area is 178 Å². The summed E-state index contributed by atoms with van der Waals surface area (Å²) >= 11 is 2.93. The van der Waals surface area contributed by atoms with Crippen LogP contribution in [0.5, 0.6) is 0 Å². The lowest BCUT2D eigenvalue weighted by Gasteiger charge is -2.04.